The minimum absolute atomic E-state index is 0.250. The molecular weight excluding hydrogens is 196 g/mol. The Hall–Kier alpha value is -0.870. The number of rotatable bonds is 6. The summed E-state index contributed by atoms with van der Waals surface area (Å²) in [6, 6.07) is 2.51. The van der Waals surface area contributed by atoms with Crippen molar-refractivity contribution in [3.8, 4) is 0 Å². The number of carbonyl (C=O) groups excluding carboxylic acids is 1. The lowest BCUT2D eigenvalue weighted by Crippen LogP contribution is -2.31. The van der Waals surface area contributed by atoms with E-state index in [0.717, 1.165) is 6.42 Å². The smallest absolute Gasteiger partial charge is 0.218 e. The molecule has 1 aromatic heterocycles. The zero-order valence-corrected chi connectivity index (χ0v) is 9.14. The Labute approximate surface area is 88.3 Å². The van der Waals surface area contributed by atoms with Crippen LogP contribution in [0.4, 0.5) is 0 Å². The van der Waals surface area contributed by atoms with Crippen molar-refractivity contribution in [1.82, 2.24) is 5.32 Å². The van der Waals surface area contributed by atoms with Crippen LogP contribution in [0.1, 0.15) is 18.9 Å². The average Bonchev–Trinajstić information content (AvgIpc) is 2.56. The van der Waals surface area contributed by atoms with E-state index in [0.29, 0.717) is 19.0 Å². The summed E-state index contributed by atoms with van der Waals surface area (Å²) in [5.41, 5.74) is 6.38. The molecule has 1 aromatic rings. The van der Waals surface area contributed by atoms with Crippen LogP contribution in [0.25, 0.3) is 0 Å². The molecule has 0 spiro atoms. The second kappa shape index (κ2) is 5.78. The molecule has 0 radical (unpaired) electrons. The first-order chi connectivity index (χ1) is 6.68. The van der Waals surface area contributed by atoms with Gasteiger partial charge in [0.1, 0.15) is 0 Å². The summed E-state index contributed by atoms with van der Waals surface area (Å²) >= 11 is 1.71. The molecule has 1 atom stereocenters. The molecule has 1 amide bonds. The zero-order valence-electron chi connectivity index (χ0n) is 8.32. The van der Waals surface area contributed by atoms with Gasteiger partial charge in [-0.25, -0.2) is 0 Å². The maximum Gasteiger partial charge on any atom is 0.218 e. The van der Waals surface area contributed by atoms with Crippen LogP contribution < -0.4 is 11.1 Å². The summed E-state index contributed by atoms with van der Waals surface area (Å²) < 4.78 is 0. The summed E-state index contributed by atoms with van der Waals surface area (Å²) in [5, 5.41) is 7.48. The van der Waals surface area contributed by atoms with Crippen LogP contribution >= 0.6 is 11.3 Å². The summed E-state index contributed by atoms with van der Waals surface area (Å²) in [5.74, 6) is -0.250. The fraction of sp³-hybridized carbons (Fsp3) is 0.500. The van der Waals surface area contributed by atoms with Crippen LogP contribution in [0.15, 0.2) is 16.8 Å². The normalized spacial score (nSPS) is 12.6. The molecule has 3 nitrogen and oxygen atoms in total. The quantitative estimate of drug-likeness (QED) is 0.743. The Bertz CT molecular complexity index is 272. The van der Waals surface area contributed by atoms with Gasteiger partial charge < -0.3 is 11.1 Å². The highest BCUT2D eigenvalue weighted by Gasteiger charge is 2.03. The van der Waals surface area contributed by atoms with E-state index in [9.17, 15) is 4.79 Å². The minimum atomic E-state index is -0.250. The molecule has 1 rings (SSSR count). The average molecular weight is 212 g/mol. The number of thiophene rings is 1. The van der Waals surface area contributed by atoms with Gasteiger partial charge in [0.05, 0.1) is 0 Å². The van der Waals surface area contributed by atoms with Crippen molar-refractivity contribution in [2.24, 2.45) is 5.73 Å². The van der Waals surface area contributed by atoms with Crippen molar-refractivity contribution >= 4 is 17.2 Å². The van der Waals surface area contributed by atoms with Gasteiger partial charge in [-0.2, -0.15) is 11.3 Å². The van der Waals surface area contributed by atoms with Gasteiger partial charge >= 0.3 is 0 Å². The Balaban J connectivity index is 2.16. The van der Waals surface area contributed by atoms with Gasteiger partial charge in [0, 0.05) is 19.0 Å². The van der Waals surface area contributed by atoms with Crippen LogP contribution in [0, 0.1) is 0 Å². The maximum atomic E-state index is 10.5. The van der Waals surface area contributed by atoms with E-state index in [4.69, 9.17) is 5.73 Å². The zero-order chi connectivity index (χ0) is 10.4. The predicted molar refractivity (Wildman–Crippen MR) is 59.3 cm³/mol. The number of carbonyl (C=O) groups is 1. The van der Waals surface area contributed by atoms with Crippen molar-refractivity contribution < 1.29 is 4.79 Å². The Morgan fingerprint density at radius 1 is 1.71 bits per heavy atom. The highest BCUT2D eigenvalue weighted by atomic mass is 32.1. The topological polar surface area (TPSA) is 55.1 Å². The first-order valence-corrected chi connectivity index (χ1v) is 5.65. The summed E-state index contributed by atoms with van der Waals surface area (Å²) in [6.07, 6.45) is 1.41. The van der Waals surface area contributed by atoms with E-state index in [2.05, 4.69) is 29.1 Å². The second-order valence-electron chi connectivity index (χ2n) is 3.41. The third kappa shape index (κ3) is 4.39. The molecule has 4 heteroatoms. The third-order valence-electron chi connectivity index (χ3n) is 1.99. The number of primary amides is 1. The Morgan fingerprint density at radius 3 is 3.07 bits per heavy atom. The molecule has 0 aromatic carbocycles. The Morgan fingerprint density at radius 2 is 2.50 bits per heavy atom. The van der Waals surface area contributed by atoms with Crippen molar-refractivity contribution in [2.75, 3.05) is 6.54 Å². The molecule has 0 aliphatic rings. The molecule has 78 valence electrons. The molecule has 1 heterocycles. The molecule has 0 saturated heterocycles. The summed E-state index contributed by atoms with van der Waals surface area (Å²) in [7, 11) is 0. The second-order valence-corrected chi connectivity index (χ2v) is 4.19. The van der Waals surface area contributed by atoms with Crippen LogP contribution in [-0.4, -0.2) is 18.5 Å². The number of nitrogens with two attached hydrogens (primary N) is 1. The SMILES string of the molecule is CC(Cc1ccsc1)NCCC(N)=O. The van der Waals surface area contributed by atoms with E-state index < -0.39 is 0 Å². The van der Waals surface area contributed by atoms with Gasteiger partial charge in [0.2, 0.25) is 5.91 Å². The molecule has 0 bridgehead atoms. The fourth-order valence-electron chi connectivity index (χ4n) is 1.28. The number of amides is 1. The van der Waals surface area contributed by atoms with Gasteiger partial charge in [-0.05, 0) is 35.7 Å². The summed E-state index contributed by atoms with van der Waals surface area (Å²) in [4.78, 5) is 10.5. The van der Waals surface area contributed by atoms with Crippen molar-refractivity contribution in [2.45, 2.75) is 25.8 Å². The largest absolute Gasteiger partial charge is 0.370 e. The predicted octanol–water partition coefficient (Wildman–Crippen LogP) is 1.14. The first kappa shape index (κ1) is 11.2. The van der Waals surface area contributed by atoms with Crippen LogP contribution in [0.3, 0.4) is 0 Å². The molecular formula is C10H16N2OS. The number of nitrogens with one attached hydrogen (secondary N) is 1. The highest BCUT2D eigenvalue weighted by molar-refractivity contribution is 7.07. The lowest BCUT2D eigenvalue weighted by atomic mass is 10.1. The fourth-order valence-corrected chi connectivity index (χ4v) is 1.96. The molecule has 1 unspecified atom stereocenters. The molecule has 3 N–H and O–H groups in total. The Kier molecular flexibility index (Phi) is 4.62. The lowest BCUT2D eigenvalue weighted by Gasteiger charge is -2.11. The van der Waals surface area contributed by atoms with E-state index in [1.54, 1.807) is 11.3 Å². The standard InChI is InChI=1S/C10H16N2OS/c1-8(12-4-2-10(11)13)6-9-3-5-14-7-9/h3,5,7-8,12H,2,4,6H2,1H3,(H2,11,13). The van der Waals surface area contributed by atoms with E-state index >= 15 is 0 Å². The van der Waals surface area contributed by atoms with Crippen molar-refractivity contribution in [1.29, 1.82) is 0 Å². The number of hydrogen-bond acceptors (Lipinski definition) is 3. The minimum Gasteiger partial charge on any atom is -0.370 e. The van der Waals surface area contributed by atoms with Crippen LogP contribution in [0.5, 0.6) is 0 Å². The lowest BCUT2D eigenvalue weighted by molar-refractivity contribution is -0.117. The number of hydrogen-bond donors (Lipinski definition) is 2. The highest BCUT2D eigenvalue weighted by Crippen LogP contribution is 2.08. The van der Waals surface area contributed by atoms with E-state index in [-0.39, 0.29) is 5.91 Å². The summed E-state index contributed by atoms with van der Waals surface area (Å²) in [6.45, 7) is 2.78. The van der Waals surface area contributed by atoms with E-state index in [1.165, 1.54) is 5.56 Å². The molecule has 0 fully saturated rings. The third-order valence-corrected chi connectivity index (χ3v) is 2.72. The van der Waals surface area contributed by atoms with Gasteiger partial charge in [-0.1, -0.05) is 0 Å². The van der Waals surface area contributed by atoms with Crippen LogP contribution in [-0.2, 0) is 11.2 Å². The van der Waals surface area contributed by atoms with Crippen LogP contribution in [0.2, 0.25) is 0 Å². The first-order valence-electron chi connectivity index (χ1n) is 4.71. The van der Waals surface area contributed by atoms with Gasteiger partial charge in [-0.15, -0.1) is 0 Å². The molecule has 0 saturated carbocycles. The molecule has 0 aliphatic carbocycles. The van der Waals surface area contributed by atoms with Gasteiger partial charge in [0.15, 0.2) is 0 Å². The van der Waals surface area contributed by atoms with Gasteiger partial charge in [-0.3, -0.25) is 4.79 Å². The maximum absolute atomic E-state index is 10.5. The van der Waals surface area contributed by atoms with Crippen molar-refractivity contribution in [3.05, 3.63) is 22.4 Å². The molecule has 0 aliphatic heterocycles. The monoisotopic (exact) mass is 212 g/mol. The molecule has 14 heavy (non-hydrogen) atoms. The van der Waals surface area contributed by atoms with Gasteiger partial charge in [0.25, 0.3) is 0 Å². The van der Waals surface area contributed by atoms with E-state index in [1.807, 2.05) is 0 Å². The van der Waals surface area contributed by atoms with Crippen molar-refractivity contribution in [3.63, 3.8) is 0 Å².